The van der Waals surface area contributed by atoms with Gasteiger partial charge in [0.25, 0.3) is 0 Å². The monoisotopic (exact) mass is 339 g/mol. The number of carbonyl (C=O) groups excluding carboxylic acids is 2. The third-order valence-electron chi connectivity index (χ3n) is 3.53. The summed E-state index contributed by atoms with van der Waals surface area (Å²) in [5, 5.41) is 2.66. The normalized spacial score (nSPS) is 10.1. The predicted octanol–water partition coefficient (Wildman–Crippen LogP) is 1.09. The number of esters is 2. The smallest absolute Gasteiger partial charge is 1.00 e. The average molecular weight is 340 g/mol. The molecule has 0 aromatic rings. The molecule has 0 aliphatic carbocycles. The van der Waals surface area contributed by atoms with E-state index < -0.39 is 11.9 Å². The van der Waals surface area contributed by atoms with E-state index in [-0.39, 0.29) is 59.4 Å². The van der Waals surface area contributed by atoms with Gasteiger partial charge in [0.05, 0.1) is 6.54 Å². The standard InChI is InChI=1S/C17H33NO3.K.H/c1-3-4-5-6-7-8-9-10-11-12-13-14-16(19)21-17(20)15-18-2;;/h18H,3-15H2,1-2H3;;/q;+1;-1. The van der Waals surface area contributed by atoms with Crippen LogP contribution in [0.2, 0.25) is 0 Å². The summed E-state index contributed by atoms with van der Waals surface area (Å²) in [4.78, 5) is 22.4. The molecule has 0 spiro atoms. The van der Waals surface area contributed by atoms with Gasteiger partial charge in [0.15, 0.2) is 0 Å². The van der Waals surface area contributed by atoms with Gasteiger partial charge in [-0.1, -0.05) is 71.1 Å². The van der Waals surface area contributed by atoms with Gasteiger partial charge in [0, 0.05) is 6.42 Å². The molecule has 0 radical (unpaired) electrons. The molecule has 1 N–H and O–H groups in total. The Bertz CT molecular complexity index is 279. The summed E-state index contributed by atoms with van der Waals surface area (Å²) in [5.41, 5.74) is 0. The van der Waals surface area contributed by atoms with Crippen LogP contribution in [-0.2, 0) is 14.3 Å². The Hall–Kier alpha value is 0.736. The van der Waals surface area contributed by atoms with Gasteiger partial charge in [-0.05, 0) is 13.5 Å². The summed E-state index contributed by atoms with van der Waals surface area (Å²) < 4.78 is 4.64. The number of ether oxygens (including phenoxy) is 1. The summed E-state index contributed by atoms with van der Waals surface area (Å²) in [5.74, 6) is -0.892. The van der Waals surface area contributed by atoms with Crippen molar-refractivity contribution in [3.05, 3.63) is 0 Å². The quantitative estimate of drug-likeness (QED) is 0.223. The van der Waals surface area contributed by atoms with E-state index in [4.69, 9.17) is 0 Å². The third-order valence-corrected chi connectivity index (χ3v) is 3.53. The maximum Gasteiger partial charge on any atom is 1.00 e. The largest absolute Gasteiger partial charge is 1.00 e. The Balaban J connectivity index is -0.00000200. The molecule has 0 aromatic carbocycles. The Kier molecular flexibility index (Phi) is 22.5. The zero-order valence-electron chi connectivity index (χ0n) is 15.9. The second-order valence-electron chi connectivity index (χ2n) is 5.66. The Morgan fingerprint density at radius 2 is 1.27 bits per heavy atom. The van der Waals surface area contributed by atoms with E-state index in [9.17, 15) is 9.59 Å². The first-order valence-corrected chi connectivity index (χ1v) is 8.58. The van der Waals surface area contributed by atoms with E-state index in [2.05, 4.69) is 17.0 Å². The van der Waals surface area contributed by atoms with E-state index in [1.165, 1.54) is 57.8 Å². The van der Waals surface area contributed by atoms with Crippen molar-refractivity contribution in [2.75, 3.05) is 13.6 Å². The average Bonchev–Trinajstić information content (AvgIpc) is 2.45. The second-order valence-corrected chi connectivity index (χ2v) is 5.66. The van der Waals surface area contributed by atoms with E-state index in [1.54, 1.807) is 7.05 Å². The van der Waals surface area contributed by atoms with Crippen LogP contribution in [0.4, 0.5) is 0 Å². The number of unbranched alkanes of at least 4 members (excludes halogenated alkanes) is 10. The molecular formula is C17H34KNO3. The molecule has 126 valence electrons. The maximum atomic E-state index is 11.3. The predicted molar refractivity (Wildman–Crippen MR) is 87.2 cm³/mol. The molecule has 0 amide bonds. The molecule has 0 bridgehead atoms. The number of carbonyl (C=O) groups is 2. The molecular weight excluding hydrogens is 305 g/mol. The molecule has 0 rings (SSSR count). The summed E-state index contributed by atoms with van der Waals surface area (Å²) in [6, 6.07) is 0. The van der Waals surface area contributed by atoms with Crippen molar-refractivity contribution in [2.24, 2.45) is 0 Å². The first-order chi connectivity index (χ1) is 10.2. The van der Waals surface area contributed by atoms with E-state index in [1.807, 2.05) is 0 Å². The molecule has 4 nitrogen and oxygen atoms in total. The van der Waals surface area contributed by atoms with Gasteiger partial charge in [-0.3, -0.25) is 9.59 Å². The van der Waals surface area contributed by atoms with Gasteiger partial charge in [-0.15, -0.1) is 0 Å². The fourth-order valence-corrected chi connectivity index (χ4v) is 2.29. The molecule has 0 heterocycles. The number of hydrogen-bond donors (Lipinski definition) is 1. The van der Waals surface area contributed by atoms with Gasteiger partial charge in [-0.25, -0.2) is 0 Å². The number of rotatable bonds is 14. The summed E-state index contributed by atoms with van der Waals surface area (Å²) in [6.07, 6.45) is 14.1. The molecule has 5 heteroatoms. The second kappa shape index (κ2) is 19.8. The van der Waals surface area contributed by atoms with E-state index >= 15 is 0 Å². The van der Waals surface area contributed by atoms with Crippen molar-refractivity contribution in [1.29, 1.82) is 0 Å². The molecule has 22 heavy (non-hydrogen) atoms. The zero-order valence-corrected chi connectivity index (χ0v) is 18.0. The minimum Gasteiger partial charge on any atom is -1.00 e. The Morgan fingerprint density at radius 3 is 1.73 bits per heavy atom. The number of nitrogens with one attached hydrogen (secondary N) is 1. The van der Waals surface area contributed by atoms with Gasteiger partial charge < -0.3 is 11.5 Å². The molecule has 0 aromatic heterocycles. The zero-order chi connectivity index (χ0) is 15.8. The van der Waals surface area contributed by atoms with Crippen LogP contribution in [-0.4, -0.2) is 25.5 Å². The van der Waals surface area contributed by atoms with Crippen molar-refractivity contribution >= 4 is 11.9 Å². The molecule has 0 aliphatic rings. The van der Waals surface area contributed by atoms with Crippen molar-refractivity contribution in [3.8, 4) is 0 Å². The van der Waals surface area contributed by atoms with Crippen LogP contribution in [0.1, 0.15) is 85.4 Å². The van der Waals surface area contributed by atoms with Crippen LogP contribution < -0.4 is 56.7 Å². The summed E-state index contributed by atoms with van der Waals surface area (Å²) in [6.45, 7) is 2.33. The summed E-state index contributed by atoms with van der Waals surface area (Å²) >= 11 is 0. The fraction of sp³-hybridized carbons (Fsp3) is 0.882. The van der Waals surface area contributed by atoms with Crippen LogP contribution in [0, 0.1) is 0 Å². The van der Waals surface area contributed by atoms with E-state index in [0.717, 1.165) is 12.8 Å². The van der Waals surface area contributed by atoms with Crippen LogP contribution >= 0.6 is 0 Å². The first-order valence-electron chi connectivity index (χ1n) is 8.58. The van der Waals surface area contributed by atoms with Crippen LogP contribution in [0.3, 0.4) is 0 Å². The third kappa shape index (κ3) is 18.8. The van der Waals surface area contributed by atoms with Crippen molar-refractivity contribution in [3.63, 3.8) is 0 Å². The first kappa shape index (κ1) is 25.0. The van der Waals surface area contributed by atoms with Gasteiger partial charge in [0.1, 0.15) is 0 Å². The summed E-state index contributed by atoms with van der Waals surface area (Å²) in [7, 11) is 1.65. The fourth-order valence-electron chi connectivity index (χ4n) is 2.29. The Morgan fingerprint density at radius 1 is 0.818 bits per heavy atom. The SMILES string of the molecule is CCCCCCCCCCCCCC(=O)OC(=O)CNC.[H-].[K+]. The van der Waals surface area contributed by atoms with Crippen LogP contribution in [0.25, 0.3) is 0 Å². The molecule has 0 saturated heterocycles. The number of hydrogen-bond acceptors (Lipinski definition) is 4. The molecule has 0 saturated carbocycles. The van der Waals surface area contributed by atoms with Crippen LogP contribution in [0.5, 0.6) is 0 Å². The molecule has 0 atom stereocenters. The van der Waals surface area contributed by atoms with Crippen molar-refractivity contribution in [2.45, 2.75) is 84.0 Å². The Labute approximate surface area is 180 Å². The van der Waals surface area contributed by atoms with Gasteiger partial charge in [-0.2, -0.15) is 0 Å². The maximum absolute atomic E-state index is 11.3. The molecule has 0 fully saturated rings. The van der Waals surface area contributed by atoms with Crippen LogP contribution in [0.15, 0.2) is 0 Å². The van der Waals surface area contributed by atoms with Gasteiger partial charge in [0.2, 0.25) is 0 Å². The minimum atomic E-state index is -0.495. The van der Waals surface area contributed by atoms with Crippen molar-refractivity contribution in [1.82, 2.24) is 5.32 Å². The minimum absolute atomic E-state index is 0. The molecule has 0 unspecified atom stereocenters. The topological polar surface area (TPSA) is 55.4 Å². The van der Waals surface area contributed by atoms with Gasteiger partial charge >= 0.3 is 63.3 Å². The molecule has 0 aliphatic heterocycles. The van der Waals surface area contributed by atoms with E-state index in [0.29, 0.717) is 6.42 Å². The number of likely N-dealkylation sites (N-methyl/N-ethyl adjacent to an activating group) is 1. The van der Waals surface area contributed by atoms with Crippen molar-refractivity contribution < 1.29 is 67.1 Å².